The lowest BCUT2D eigenvalue weighted by atomic mass is 10.1. The smallest absolute Gasteiger partial charge is 0.238 e. The minimum Gasteiger partial charge on any atom is -0.378 e. The zero-order valence-electron chi connectivity index (χ0n) is 10.5. The topological polar surface area (TPSA) is 84.5 Å². The maximum Gasteiger partial charge on any atom is 0.238 e. The van der Waals surface area contributed by atoms with E-state index in [4.69, 9.17) is 4.74 Å². The van der Waals surface area contributed by atoms with Crippen LogP contribution in [0.3, 0.4) is 0 Å². The molecule has 0 spiro atoms. The van der Waals surface area contributed by atoms with E-state index in [9.17, 15) is 13.2 Å². The maximum atomic E-state index is 12.1. The average Bonchev–Trinajstić information content (AvgIpc) is 2.75. The summed E-state index contributed by atoms with van der Waals surface area (Å²) in [4.78, 5) is 12.1. The number of amides is 1. The molecule has 0 bridgehead atoms. The van der Waals surface area contributed by atoms with Gasteiger partial charge in [-0.25, -0.2) is 8.42 Å². The molecule has 0 aromatic carbocycles. The van der Waals surface area contributed by atoms with Crippen LogP contribution in [0.25, 0.3) is 0 Å². The molecule has 7 heteroatoms. The first-order valence-corrected chi connectivity index (χ1v) is 8.01. The second-order valence-corrected chi connectivity index (χ2v) is 7.20. The summed E-state index contributed by atoms with van der Waals surface area (Å²) < 4.78 is 28.9. The number of ether oxygens (including phenoxy) is 1. The fraction of sp³-hybridized carbons (Fsp3) is 0.909. The zero-order valence-corrected chi connectivity index (χ0v) is 11.3. The highest BCUT2D eigenvalue weighted by molar-refractivity contribution is 7.92. The lowest BCUT2D eigenvalue weighted by Gasteiger charge is -2.25. The molecule has 2 unspecified atom stereocenters. The molecule has 0 aromatic heterocycles. The largest absolute Gasteiger partial charge is 0.378 e. The van der Waals surface area contributed by atoms with Crippen molar-refractivity contribution < 1.29 is 17.9 Å². The first kappa shape index (κ1) is 13.8. The molecule has 2 saturated heterocycles. The molecule has 2 heterocycles. The van der Waals surface area contributed by atoms with Crippen LogP contribution in [0.15, 0.2) is 0 Å². The Morgan fingerprint density at radius 1 is 1.33 bits per heavy atom. The third kappa shape index (κ3) is 2.84. The number of hydrogen-bond donors (Lipinski definition) is 2. The van der Waals surface area contributed by atoms with Gasteiger partial charge in [0.1, 0.15) is 5.25 Å². The van der Waals surface area contributed by atoms with Gasteiger partial charge in [0, 0.05) is 20.2 Å². The molecule has 6 nitrogen and oxygen atoms in total. The van der Waals surface area contributed by atoms with Crippen LogP contribution in [-0.2, 0) is 19.4 Å². The second kappa shape index (κ2) is 5.54. The van der Waals surface area contributed by atoms with Crippen molar-refractivity contribution in [2.24, 2.45) is 0 Å². The third-order valence-electron chi connectivity index (χ3n) is 3.66. The van der Waals surface area contributed by atoms with Crippen molar-refractivity contribution in [3.8, 4) is 0 Å². The highest BCUT2D eigenvalue weighted by Gasteiger charge is 2.37. The first-order valence-electron chi connectivity index (χ1n) is 6.30. The van der Waals surface area contributed by atoms with Gasteiger partial charge in [0.25, 0.3) is 0 Å². The second-order valence-electron chi connectivity index (χ2n) is 4.90. The van der Waals surface area contributed by atoms with Crippen molar-refractivity contribution in [3.63, 3.8) is 0 Å². The summed E-state index contributed by atoms with van der Waals surface area (Å²) in [6, 6.07) is -0.139. The van der Waals surface area contributed by atoms with Gasteiger partial charge in [-0.2, -0.15) is 0 Å². The van der Waals surface area contributed by atoms with Crippen molar-refractivity contribution in [1.82, 2.24) is 10.6 Å². The van der Waals surface area contributed by atoms with E-state index in [2.05, 4.69) is 10.6 Å². The molecule has 2 rings (SSSR count). The Kier molecular flexibility index (Phi) is 4.24. The number of sulfone groups is 1. The minimum atomic E-state index is -3.26. The van der Waals surface area contributed by atoms with Gasteiger partial charge in [0.05, 0.1) is 17.9 Å². The van der Waals surface area contributed by atoms with E-state index in [1.54, 1.807) is 7.11 Å². The number of carbonyl (C=O) groups is 1. The van der Waals surface area contributed by atoms with Crippen LogP contribution in [-0.4, -0.2) is 57.7 Å². The van der Waals surface area contributed by atoms with E-state index in [-0.39, 0.29) is 23.8 Å². The Balaban J connectivity index is 1.99. The molecule has 2 fully saturated rings. The van der Waals surface area contributed by atoms with Gasteiger partial charge in [-0.1, -0.05) is 6.42 Å². The molecule has 104 valence electrons. The van der Waals surface area contributed by atoms with E-state index in [1.165, 1.54) is 0 Å². The minimum absolute atomic E-state index is 0.0831. The van der Waals surface area contributed by atoms with Crippen molar-refractivity contribution in [3.05, 3.63) is 0 Å². The van der Waals surface area contributed by atoms with Gasteiger partial charge >= 0.3 is 0 Å². The average molecular weight is 276 g/mol. The molecule has 0 radical (unpaired) electrons. The van der Waals surface area contributed by atoms with Gasteiger partial charge in [0.15, 0.2) is 9.84 Å². The highest BCUT2D eigenvalue weighted by Crippen LogP contribution is 2.20. The maximum absolute atomic E-state index is 12.1. The first-order chi connectivity index (χ1) is 8.54. The normalized spacial score (nSPS) is 35.3. The summed E-state index contributed by atoms with van der Waals surface area (Å²) in [6.45, 7) is 1.30. The summed E-state index contributed by atoms with van der Waals surface area (Å²) in [5, 5.41) is 5.04. The van der Waals surface area contributed by atoms with Crippen LogP contribution in [0.4, 0.5) is 0 Å². The van der Waals surface area contributed by atoms with Gasteiger partial charge in [-0.15, -0.1) is 0 Å². The monoisotopic (exact) mass is 276 g/mol. The van der Waals surface area contributed by atoms with Crippen LogP contribution in [0, 0.1) is 0 Å². The molecule has 0 aromatic rings. The SMILES string of the molecule is CO[C@H]1CNCC1NC(=O)C1CCCCS1(=O)=O. The molecule has 2 aliphatic rings. The molecular formula is C11H20N2O4S. The van der Waals surface area contributed by atoms with Crippen LogP contribution >= 0.6 is 0 Å². The Labute approximate surface area is 107 Å². The molecule has 18 heavy (non-hydrogen) atoms. The standard InChI is InChI=1S/C11H20N2O4S/c1-17-9-7-12-6-8(9)13-11(14)10-4-2-3-5-18(10,15)16/h8-10,12H,2-7H2,1H3,(H,13,14)/t8?,9-,10?/m0/s1. The Morgan fingerprint density at radius 3 is 2.78 bits per heavy atom. The van der Waals surface area contributed by atoms with Crippen molar-refractivity contribution in [2.45, 2.75) is 36.7 Å². The zero-order chi connectivity index (χ0) is 13.2. The number of nitrogens with one attached hydrogen (secondary N) is 2. The summed E-state index contributed by atoms with van der Waals surface area (Å²) in [6.07, 6.45) is 1.82. The summed E-state index contributed by atoms with van der Waals surface area (Å²) in [5.74, 6) is -0.243. The van der Waals surface area contributed by atoms with E-state index in [0.717, 1.165) is 6.42 Å². The lowest BCUT2D eigenvalue weighted by molar-refractivity contribution is -0.122. The van der Waals surface area contributed by atoms with E-state index in [0.29, 0.717) is 25.9 Å². The van der Waals surface area contributed by atoms with Gasteiger partial charge in [-0.3, -0.25) is 4.79 Å². The quantitative estimate of drug-likeness (QED) is 0.695. The Hall–Kier alpha value is -0.660. The molecular weight excluding hydrogens is 256 g/mol. The third-order valence-corrected chi connectivity index (χ3v) is 5.83. The lowest BCUT2D eigenvalue weighted by Crippen LogP contribution is -2.50. The number of rotatable bonds is 3. The Bertz CT molecular complexity index is 409. The molecule has 3 atom stereocenters. The van der Waals surface area contributed by atoms with Crippen molar-refractivity contribution in [1.29, 1.82) is 0 Å². The van der Waals surface area contributed by atoms with Crippen LogP contribution in [0.1, 0.15) is 19.3 Å². The summed E-state index contributed by atoms with van der Waals surface area (Å²) in [5.41, 5.74) is 0. The Morgan fingerprint density at radius 2 is 2.11 bits per heavy atom. The molecule has 1 amide bonds. The fourth-order valence-corrected chi connectivity index (χ4v) is 4.38. The molecule has 2 aliphatic heterocycles. The highest BCUT2D eigenvalue weighted by atomic mass is 32.2. The van der Waals surface area contributed by atoms with E-state index < -0.39 is 15.1 Å². The van der Waals surface area contributed by atoms with Crippen LogP contribution < -0.4 is 10.6 Å². The van der Waals surface area contributed by atoms with Crippen LogP contribution in [0.2, 0.25) is 0 Å². The van der Waals surface area contributed by atoms with E-state index in [1.807, 2.05) is 0 Å². The van der Waals surface area contributed by atoms with E-state index >= 15 is 0 Å². The number of methoxy groups -OCH3 is 1. The number of hydrogen-bond acceptors (Lipinski definition) is 5. The predicted molar refractivity (Wildman–Crippen MR) is 67.0 cm³/mol. The fourth-order valence-electron chi connectivity index (χ4n) is 2.57. The molecule has 2 N–H and O–H groups in total. The summed E-state index contributed by atoms with van der Waals surface area (Å²) in [7, 11) is -1.67. The predicted octanol–water partition coefficient (Wildman–Crippen LogP) is -0.943. The summed E-state index contributed by atoms with van der Waals surface area (Å²) >= 11 is 0. The molecule has 0 saturated carbocycles. The van der Waals surface area contributed by atoms with Crippen molar-refractivity contribution >= 4 is 15.7 Å². The number of carbonyl (C=O) groups excluding carboxylic acids is 1. The molecule has 0 aliphatic carbocycles. The van der Waals surface area contributed by atoms with Crippen molar-refractivity contribution in [2.75, 3.05) is 26.0 Å². The van der Waals surface area contributed by atoms with Gasteiger partial charge in [-0.05, 0) is 12.8 Å². The van der Waals surface area contributed by atoms with Gasteiger partial charge < -0.3 is 15.4 Å². The van der Waals surface area contributed by atoms with Crippen LogP contribution in [0.5, 0.6) is 0 Å². The van der Waals surface area contributed by atoms with Gasteiger partial charge in [0.2, 0.25) is 5.91 Å².